The summed E-state index contributed by atoms with van der Waals surface area (Å²) < 4.78 is 6.33. The second-order valence-electron chi connectivity index (χ2n) is 13.2. The number of anilines is 1. The Kier molecular flexibility index (Phi) is 8.37. The molecule has 5 aliphatic rings. The summed E-state index contributed by atoms with van der Waals surface area (Å²) in [7, 11) is 2.14. The van der Waals surface area contributed by atoms with Crippen LogP contribution in [0.5, 0.6) is 5.88 Å². The van der Waals surface area contributed by atoms with Gasteiger partial charge in [-0.25, -0.2) is 4.98 Å². The fraction of sp³-hybridized carbons (Fsp3) is 0.625. The molecule has 3 atom stereocenters. The number of rotatable bonds is 5. The van der Waals surface area contributed by atoms with E-state index in [1.807, 2.05) is 6.07 Å². The zero-order chi connectivity index (χ0) is 29.1. The third-order valence-electron chi connectivity index (χ3n) is 10.2. The van der Waals surface area contributed by atoms with Crippen LogP contribution in [-0.2, 0) is 33.7 Å². The van der Waals surface area contributed by atoms with E-state index in [0.717, 1.165) is 74.4 Å². The zero-order valence-corrected chi connectivity index (χ0v) is 27.0. The van der Waals surface area contributed by atoms with E-state index < -0.39 is 5.41 Å². The molecule has 2 aromatic heterocycles. The number of carbonyl (C=O) groups excluding carboxylic acids is 1. The molecule has 3 aliphatic carbocycles. The molecule has 0 aromatic carbocycles. The van der Waals surface area contributed by atoms with Gasteiger partial charge >= 0.3 is 0 Å². The number of fused-ring (bicyclic) bond motifs is 2. The first kappa shape index (κ1) is 30.5. The molecule has 9 nitrogen and oxygen atoms in total. The second-order valence-corrected chi connectivity index (χ2v) is 14.1. The van der Waals surface area contributed by atoms with Gasteiger partial charge in [-0.05, 0) is 78.0 Å². The molecule has 2 spiro atoms. The first-order chi connectivity index (χ1) is 20.3. The predicted octanol–water partition coefficient (Wildman–Crippen LogP) is 3.71. The Labute approximate surface area is 268 Å². The topological polar surface area (TPSA) is 120 Å². The van der Waals surface area contributed by atoms with Crippen molar-refractivity contribution in [3.63, 3.8) is 0 Å². The van der Waals surface area contributed by atoms with E-state index in [-0.39, 0.29) is 28.4 Å². The van der Waals surface area contributed by atoms with Crippen LogP contribution in [0.4, 0.5) is 5.82 Å². The summed E-state index contributed by atoms with van der Waals surface area (Å²) in [6.07, 6.45) is 9.32. The Bertz CT molecular complexity index is 1480. The van der Waals surface area contributed by atoms with Gasteiger partial charge in [-0.1, -0.05) is 23.8 Å². The number of nitrogens with zero attached hydrogens (tertiary/aromatic N) is 5. The van der Waals surface area contributed by atoms with Crippen LogP contribution < -0.4 is 20.7 Å². The molecule has 11 heteroatoms. The number of ether oxygens (including phenoxy) is 1. The number of hydrogen-bond donors (Lipinski definition) is 2. The molecule has 0 bridgehead atoms. The third-order valence-corrected chi connectivity index (χ3v) is 11.2. The van der Waals surface area contributed by atoms with Crippen molar-refractivity contribution in [2.75, 3.05) is 38.2 Å². The van der Waals surface area contributed by atoms with E-state index in [1.54, 1.807) is 0 Å². The average Bonchev–Trinajstić information content (AvgIpc) is 3.36. The molecule has 2 saturated heterocycles. The molecular formula is C32H40MnN7O2S-. The van der Waals surface area contributed by atoms with Gasteiger partial charge in [-0.2, -0.15) is 4.98 Å². The van der Waals surface area contributed by atoms with E-state index in [2.05, 4.69) is 40.5 Å². The molecule has 229 valence electrons. The fourth-order valence-corrected chi connectivity index (χ4v) is 8.90. The maximum Gasteiger partial charge on any atom is 0.219 e. The second kappa shape index (κ2) is 11.8. The quantitative estimate of drug-likeness (QED) is 0.286. The van der Waals surface area contributed by atoms with Crippen molar-refractivity contribution in [2.24, 2.45) is 5.73 Å². The largest absolute Gasteiger partial charge is 0.476 e. The van der Waals surface area contributed by atoms with Crippen LogP contribution >= 0.6 is 11.3 Å². The molecule has 2 aliphatic heterocycles. The van der Waals surface area contributed by atoms with Crippen LogP contribution in [-0.4, -0.2) is 71.6 Å². The molecule has 4 heterocycles. The number of Topliss-reactive ketones (excluding diaryl/α,β-unsaturated/α-hetero) is 1. The fourth-order valence-electron chi connectivity index (χ4n) is 7.89. The van der Waals surface area contributed by atoms with Gasteiger partial charge in [0.1, 0.15) is 12.4 Å². The molecular weight excluding hydrogens is 601 g/mol. The standard InChI is InChI=1S/C32H40N7O2S.Mn/c1-20-16-39(19-31(37-20)11-12-31)25-14-26(41-17-22-6-5-13-38(22)2)36-30(35-25)28(34)23-7-3-9-32(29(23)40)10-4-8-24-27(32)21(15-33)18-42-24;/h14,20,22,37H,3-13,16-17,19,34H2,1-2H3;/q-1;/b28-23-;/t20-,22+,32+;/m1./s1. The number of likely N-dealkylation sites (tertiary alicyclic amines) is 1. The van der Waals surface area contributed by atoms with Crippen molar-refractivity contribution < 1.29 is 26.6 Å². The van der Waals surface area contributed by atoms with E-state index in [0.29, 0.717) is 53.6 Å². The summed E-state index contributed by atoms with van der Waals surface area (Å²) in [4.78, 5) is 30.0. The minimum Gasteiger partial charge on any atom is -0.476 e. The summed E-state index contributed by atoms with van der Waals surface area (Å²) in [6, 6.07) is 4.95. The molecule has 1 radical (unpaired) electrons. The third kappa shape index (κ3) is 5.51. The zero-order valence-electron chi connectivity index (χ0n) is 25.0. The monoisotopic (exact) mass is 641 g/mol. The van der Waals surface area contributed by atoms with Crippen LogP contribution in [0.2, 0.25) is 0 Å². The van der Waals surface area contributed by atoms with Crippen LogP contribution in [0, 0.1) is 16.7 Å². The summed E-state index contributed by atoms with van der Waals surface area (Å²) in [5.41, 5.74) is 8.70. The molecule has 0 unspecified atom stereocenters. The Morgan fingerprint density at radius 3 is 2.77 bits per heavy atom. The minimum atomic E-state index is -0.705. The van der Waals surface area contributed by atoms with Gasteiger partial charge in [-0.3, -0.25) is 21.4 Å². The van der Waals surface area contributed by atoms with E-state index in [9.17, 15) is 10.1 Å². The van der Waals surface area contributed by atoms with Crippen LogP contribution in [0.1, 0.15) is 86.5 Å². The molecule has 3 N–H and O–H groups in total. The Hall–Kier alpha value is -2.48. The molecule has 2 saturated carbocycles. The van der Waals surface area contributed by atoms with Crippen LogP contribution in [0.25, 0.3) is 5.70 Å². The predicted molar refractivity (Wildman–Crippen MR) is 162 cm³/mol. The van der Waals surface area contributed by atoms with Crippen molar-refractivity contribution in [1.29, 1.82) is 5.26 Å². The van der Waals surface area contributed by atoms with Crippen molar-refractivity contribution >= 4 is 28.6 Å². The first-order valence-corrected chi connectivity index (χ1v) is 16.3. The van der Waals surface area contributed by atoms with Crippen molar-refractivity contribution in [3.8, 4) is 11.9 Å². The molecule has 0 amide bonds. The molecule has 4 fully saturated rings. The summed E-state index contributed by atoms with van der Waals surface area (Å²) in [5, 5.41) is 16.8. The SMILES string of the molecule is C[C@@H]1CN(c2cc(OC[C@@H]3CCCN3C)nc(/C(N)=C3\CCC[C@@]4(CCCc5s[c-]c(C#N)c54)C3=O)n2)CC2(CC2)N1.[Mn]. The Balaban J connectivity index is 0.00000329. The number of ketones is 1. The van der Waals surface area contributed by atoms with Crippen molar-refractivity contribution in [3.05, 3.63) is 38.8 Å². The van der Waals surface area contributed by atoms with Crippen LogP contribution in [0.15, 0.2) is 11.6 Å². The number of likely N-dealkylation sites (N-methyl/N-ethyl adjacent to an activating group) is 1. The maximum absolute atomic E-state index is 14.4. The smallest absolute Gasteiger partial charge is 0.219 e. The van der Waals surface area contributed by atoms with Gasteiger partial charge in [0.15, 0.2) is 11.6 Å². The van der Waals surface area contributed by atoms with Gasteiger partial charge < -0.3 is 25.6 Å². The van der Waals surface area contributed by atoms with Gasteiger partial charge in [0, 0.05) is 64.8 Å². The number of carbonyl (C=O) groups is 1. The Morgan fingerprint density at radius 1 is 1.26 bits per heavy atom. The van der Waals surface area contributed by atoms with E-state index in [1.165, 1.54) is 30.6 Å². The first-order valence-electron chi connectivity index (χ1n) is 15.5. The summed E-state index contributed by atoms with van der Waals surface area (Å²) in [6.45, 7) is 5.56. The van der Waals surface area contributed by atoms with Gasteiger partial charge in [-0.15, -0.1) is 10.4 Å². The Morgan fingerprint density at radius 2 is 2.05 bits per heavy atom. The minimum absolute atomic E-state index is 0. The van der Waals surface area contributed by atoms with Crippen molar-refractivity contribution in [1.82, 2.24) is 20.2 Å². The number of aryl methyl sites for hydroxylation is 1. The molecule has 7 rings (SSSR count). The number of nitrogens with two attached hydrogens (primary N) is 1. The van der Waals surface area contributed by atoms with Gasteiger partial charge in [0.25, 0.3) is 0 Å². The number of aromatic nitrogens is 2. The molecule has 43 heavy (non-hydrogen) atoms. The number of nitriles is 1. The number of nitrogens with one attached hydrogen (secondary N) is 1. The molecule has 2 aromatic rings. The van der Waals surface area contributed by atoms with E-state index in [4.69, 9.17) is 20.4 Å². The summed E-state index contributed by atoms with van der Waals surface area (Å²) >= 11 is 1.49. The van der Waals surface area contributed by atoms with E-state index >= 15 is 0 Å². The van der Waals surface area contributed by atoms with Gasteiger partial charge in [0.05, 0.1) is 5.70 Å². The summed E-state index contributed by atoms with van der Waals surface area (Å²) in [5.74, 6) is 1.71. The number of thiophene rings is 1. The number of allylic oxidation sites excluding steroid dienone is 1. The van der Waals surface area contributed by atoms with Crippen LogP contribution in [0.3, 0.4) is 0 Å². The normalized spacial score (nSPS) is 29.2. The van der Waals surface area contributed by atoms with Crippen molar-refractivity contribution in [2.45, 2.75) is 94.2 Å². The van der Waals surface area contributed by atoms with Gasteiger partial charge in [0.2, 0.25) is 5.88 Å². The number of piperazine rings is 1. The average molecular weight is 642 g/mol. The number of hydrogen-bond acceptors (Lipinski definition) is 10. The maximum atomic E-state index is 14.4.